The highest BCUT2D eigenvalue weighted by atomic mass is 19.3. The Morgan fingerprint density at radius 1 is 1.62 bits per heavy atom. The number of aromatic hydroxyl groups is 1. The van der Waals surface area contributed by atoms with Crippen LogP contribution in [-0.4, -0.2) is 16.0 Å². The first-order valence-electron chi connectivity index (χ1n) is 3.29. The molecule has 1 aromatic rings. The maximum absolute atomic E-state index is 12.2. The van der Waals surface area contributed by atoms with Crippen LogP contribution in [0.25, 0.3) is 0 Å². The Balaban J connectivity index is 3.27. The van der Waals surface area contributed by atoms with Gasteiger partial charge < -0.3 is 10.8 Å². The maximum Gasteiger partial charge on any atom is 0.281 e. The van der Waals surface area contributed by atoms with Crippen LogP contribution < -0.4 is 5.73 Å². The number of hydrogen-bond acceptors (Lipinski definition) is 3. The largest absolute Gasteiger partial charge is 0.506 e. The Bertz CT molecular complexity index is 341. The molecule has 4 nitrogen and oxygen atoms in total. The average molecular weight is 188 g/mol. The number of carbonyl (C=O) groups is 1. The van der Waals surface area contributed by atoms with Gasteiger partial charge in [0.1, 0.15) is 11.4 Å². The Labute approximate surface area is 72.0 Å². The van der Waals surface area contributed by atoms with E-state index in [1.807, 2.05) is 0 Å². The van der Waals surface area contributed by atoms with E-state index in [4.69, 9.17) is 10.8 Å². The molecule has 3 N–H and O–H groups in total. The van der Waals surface area contributed by atoms with Crippen molar-refractivity contribution in [1.82, 2.24) is 4.98 Å². The second-order valence-corrected chi connectivity index (χ2v) is 2.29. The molecule has 0 saturated heterocycles. The number of halogens is 2. The van der Waals surface area contributed by atoms with Crippen LogP contribution in [0.2, 0.25) is 0 Å². The first-order valence-corrected chi connectivity index (χ1v) is 3.29. The van der Waals surface area contributed by atoms with Crippen LogP contribution in [0.1, 0.15) is 22.5 Å². The summed E-state index contributed by atoms with van der Waals surface area (Å²) in [5.74, 6) is -1.42. The minimum atomic E-state index is -2.89. The fourth-order valence-electron chi connectivity index (χ4n) is 0.836. The average Bonchev–Trinajstić information content (AvgIpc) is 2.03. The van der Waals surface area contributed by atoms with Gasteiger partial charge in [0, 0.05) is 0 Å². The van der Waals surface area contributed by atoms with Crippen LogP contribution >= 0.6 is 0 Å². The predicted octanol–water partition coefficient (Wildman–Crippen LogP) is 0.824. The molecule has 1 amide bonds. The molecular weight excluding hydrogens is 182 g/mol. The van der Waals surface area contributed by atoms with E-state index in [1.54, 1.807) is 0 Å². The van der Waals surface area contributed by atoms with Gasteiger partial charge in [-0.3, -0.25) is 9.78 Å². The number of amides is 1. The number of hydrogen-bond donors (Lipinski definition) is 2. The van der Waals surface area contributed by atoms with Gasteiger partial charge in [-0.1, -0.05) is 0 Å². The summed E-state index contributed by atoms with van der Waals surface area (Å²) in [7, 11) is 0. The number of rotatable bonds is 2. The van der Waals surface area contributed by atoms with Crippen molar-refractivity contribution in [1.29, 1.82) is 0 Å². The van der Waals surface area contributed by atoms with Crippen LogP contribution in [0.3, 0.4) is 0 Å². The van der Waals surface area contributed by atoms with Crippen molar-refractivity contribution in [2.45, 2.75) is 6.43 Å². The summed E-state index contributed by atoms with van der Waals surface area (Å²) in [6, 6.07) is 0.858. The highest BCUT2D eigenvalue weighted by molar-refractivity contribution is 5.94. The fourth-order valence-corrected chi connectivity index (χ4v) is 0.836. The van der Waals surface area contributed by atoms with E-state index in [2.05, 4.69) is 4.98 Å². The van der Waals surface area contributed by atoms with Crippen molar-refractivity contribution >= 4 is 5.91 Å². The smallest absolute Gasteiger partial charge is 0.281 e. The van der Waals surface area contributed by atoms with E-state index in [1.165, 1.54) is 0 Å². The quantitative estimate of drug-likeness (QED) is 0.721. The molecule has 1 aromatic heterocycles. The molecule has 0 aliphatic carbocycles. The van der Waals surface area contributed by atoms with Crippen LogP contribution in [-0.2, 0) is 0 Å². The lowest BCUT2D eigenvalue weighted by Crippen LogP contribution is -2.14. The molecule has 0 spiro atoms. The molecule has 1 heterocycles. The molecule has 70 valence electrons. The van der Waals surface area contributed by atoms with Crippen LogP contribution in [0.15, 0.2) is 12.3 Å². The van der Waals surface area contributed by atoms with E-state index < -0.39 is 23.6 Å². The molecule has 0 atom stereocenters. The zero-order valence-electron chi connectivity index (χ0n) is 6.37. The van der Waals surface area contributed by atoms with E-state index in [0.29, 0.717) is 0 Å². The lowest BCUT2D eigenvalue weighted by Gasteiger charge is -2.03. The minimum absolute atomic E-state index is 0.377. The van der Waals surface area contributed by atoms with Crippen molar-refractivity contribution in [2.24, 2.45) is 5.73 Å². The lowest BCUT2D eigenvalue weighted by molar-refractivity contribution is 0.0982. The molecule has 0 aliphatic heterocycles. The molecule has 0 fully saturated rings. The summed E-state index contributed by atoms with van der Waals surface area (Å²) < 4.78 is 24.3. The van der Waals surface area contributed by atoms with Crippen LogP contribution in [0, 0.1) is 0 Å². The lowest BCUT2D eigenvalue weighted by atomic mass is 10.2. The second-order valence-electron chi connectivity index (χ2n) is 2.29. The summed E-state index contributed by atoms with van der Waals surface area (Å²) in [5, 5.41) is 8.85. The van der Waals surface area contributed by atoms with Gasteiger partial charge >= 0.3 is 0 Å². The molecule has 0 unspecified atom stereocenters. The topological polar surface area (TPSA) is 76.2 Å². The van der Waals surface area contributed by atoms with Gasteiger partial charge in [-0.05, 0) is 6.07 Å². The molecule has 0 saturated carbocycles. The Morgan fingerprint density at radius 3 is 2.69 bits per heavy atom. The van der Waals surface area contributed by atoms with E-state index in [9.17, 15) is 13.6 Å². The van der Waals surface area contributed by atoms with E-state index in [0.717, 1.165) is 12.3 Å². The predicted molar refractivity (Wildman–Crippen MR) is 39.4 cm³/mol. The second kappa shape index (κ2) is 3.34. The number of aromatic nitrogens is 1. The number of pyridine rings is 1. The first kappa shape index (κ1) is 9.37. The SMILES string of the molecule is NC(=O)c1cc(O)cnc1C(F)F. The third kappa shape index (κ3) is 1.90. The molecule has 0 aliphatic rings. The van der Waals surface area contributed by atoms with Gasteiger partial charge in [-0.15, -0.1) is 0 Å². The summed E-state index contributed by atoms with van der Waals surface area (Å²) in [4.78, 5) is 13.8. The Morgan fingerprint density at radius 2 is 2.23 bits per heavy atom. The molecular formula is C7H6F2N2O2. The first-order chi connectivity index (χ1) is 6.02. The van der Waals surface area contributed by atoms with Gasteiger partial charge in [0.2, 0.25) is 0 Å². The summed E-state index contributed by atoms with van der Waals surface area (Å²) in [6.07, 6.45) is -2.06. The molecule has 1 rings (SSSR count). The summed E-state index contributed by atoms with van der Waals surface area (Å²) in [6.45, 7) is 0. The van der Waals surface area contributed by atoms with Gasteiger partial charge in [-0.25, -0.2) is 8.78 Å². The van der Waals surface area contributed by atoms with Gasteiger partial charge in [-0.2, -0.15) is 0 Å². The highest BCUT2D eigenvalue weighted by Gasteiger charge is 2.18. The zero-order chi connectivity index (χ0) is 10.0. The molecule has 0 radical (unpaired) electrons. The highest BCUT2D eigenvalue weighted by Crippen LogP contribution is 2.22. The monoisotopic (exact) mass is 188 g/mol. The van der Waals surface area contributed by atoms with Crippen molar-refractivity contribution in [3.05, 3.63) is 23.5 Å². The number of nitrogens with zero attached hydrogens (tertiary/aromatic N) is 1. The summed E-state index contributed by atoms with van der Waals surface area (Å²) >= 11 is 0. The maximum atomic E-state index is 12.2. The number of alkyl halides is 2. The van der Waals surface area contributed by atoms with Crippen molar-refractivity contribution in [3.8, 4) is 5.75 Å². The van der Waals surface area contributed by atoms with E-state index in [-0.39, 0.29) is 5.75 Å². The van der Waals surface area contributed by atoms with E-state index >= 15 is 0 Å². The molecule has 6 heteroatoms. The van der Waals surface area contributed by atoms with Crippen LogP contribution in [0.4, 0.5) is 8.78 Å². The Hall–Kier alpha value is -1.72. The van der Waals surface area contributed by atoms with Gasteiger partial charge in [0.25, 0.3) is 12.3 Å². The minimum Gasteiger partial charge on any atom is -0.506 e. The number of primary amides is 1. The van der Waals surface area contributed by atoms with Crippen molar-refractivity contribution in [3.63, 3.8) is 0 Å². The Kier molecular flexibility index (Phi) is 2.41. The standard InChI is InChI=1S/C7H6F2N2O2/c8-6(9)5-4(7(10)13)1-3(12)2-11-5/h1-2,6,12H,(H2,10,13). The summed E-state index contributed by atoms with van der Waals surface area (Å²) in [5.41, 5.74) is 3.62. The molecule has 0 aromatic carbocycles. The number of carbonyl (C=O) groups excluding carboxylic acids is 1. The number of nitrogens with two attached hydrogens (primary N) is 1. The third-order valence-corrected chi connectivity index (χ3v) is 1.38. The molecule has 0 bridgehead atoms. The fraction of sp³-hybridized carbons (Fsp3) is 0.143. The normalized spacial score (nSPS) is 10.4. The molecule has 13 heavy (non-hydrogen) atoms. The van der Waals surface area contributed by atoms with Gasteiger partial charge in [0.05, 0.1) is 11.8 Å². The van der Waals surface area contributed by atoms with Crippen molar-refractivity contribution < 1.29 is 18.7 Å². The van der Waals surface area contributed by atoms with Gasteiger partial charge in [0.15, 0.2) is 0 Å². The van der Waals surface area contributed by atoms with Crippen molar-refractivity contribution in [2.75, 3.05) is 0 Å². The third-order valence-electron chi connectivity index (χ3n) is 1.38. The van der Waals surface area contributed by atoms with Crippen LogP contribution in [0.5, 0.6) is 5.75 Å². The zero-order valence-corrected chi connectivity index (χ0v) is 6.37.